The zero-order chi connectivity index (χ0) is 16.4. The molecule has 7 heteroatoms. The second-order valence-corrected chi connectivity index (χ2v) is 5.90. The largest absolute Gasteiger partial charge is 0.480 e. The third kappa shape index (κ3) is 3.19. The number of aliphatic carboxylic acids is 1. The highest BCUT2D eigenvalue weighted by Crippen LogP contribution is 2.26. The summed E-state index contributed by atoms with van der Waals surface area (Å²) in [6, 6.07) is 9.43. The van der Waals surface area contributed by atoms with Crippen molar-refractivity contribution >= 4 is 5.97 Å². The van der Waals surface area contributed by atoms with E-state index in [0.717, 1.165) is 25.1 Å². The van der Waals surface area contributed by atoms with Crippen LogP contribution in [0.15, 0.2) is 35.1 Å². The van der Waals surface area contributed by atoms with Gasteiger partial charge in [0.1, 0.15) is 5.82 Å². The number of aryl methyl sites for hydroxylation is 1. The smallest absolute Gasteiger partial charge is 0.350 e. The lowest BCUT2D eigenvalue weighted by molar-refractivity contribution is -0.138. The first kappa shape index (κ1) is 15.5. The lowest BCUT2D eigenvalue weighted by Gasteiger charge is -2.31. The quantitative estimate of drug-likeness (QED) is 0.904. The Morgan fingerprint density at radius 3 is 2.78 bits per heavy atom. The van der Waals surface area contributed by atoms with E-state index in [9.17, 15) is 9.59 Å². The average Bonchev–Trinajstić information content (AvgIpc) is 2.83. The van der Waals surface area contributed by atoms with Crippen molar-refractivity contribution in [3.05, 3.63) is 46.6 Å². The van der Waals surface area contributed by atoms with E-state index in [4.69, 9.17) is 5.11 Å². The third-order valence-corrected chi connectivity index (χ3v) is 4.19. The van der Waals surface area contributed by atoms with Crippen molar-refractivity contribution in [2.45, 2.75) is 18.8 Å². The van der Waals surface area contributed by atoms with E-state index in [2.05, 4.69) is 5.10 Å². The average molecular weight is 316 g/mol. The molecule has 1 unspecified atom stereocenters. The molecule has 1 aliphatic heterocycles. The van der Waals surface area contributed by atoms with Gasteiger partial charge in [0.05, 0.1) is 12.2 Å². The Hall–Kier alpha value is -2.41. The number of carbonyl (C=O) groups is 1. The number of hydrogen-bond donors (Lipinski definition) is 1. The van der Waals surface area contributed by atoms with Crippen molar-refractivity contribution in [3.8, 4) is 5.69 Å². The first-order chi connectivity index (χ1) is 11.1. The van der Waals surface area contributed by atoms with Gasteiger partial charge in [-0.1, -0.05) is 18.2 Å². The lowest BCUT2D eigenvalue weighted by Crippen LogP contribution is -2.38. The van der Waals surface area contributed by atoms with Crippen molar-refractivity contribution < 1.29 is 9.90 Å². The molecule has 1 N–H and O–H groups in total. The van der Waals surface area contributed by atoms with Crippen LogP contribution in [0.5, 0.6) is 0 Å². The minimum absolute atomic E-state index is 0.0267. The molecule has 23 heavy (non-hydrogen) atoms. The van der Waals surface area contributed by atoms with E-state index >= 15 is 0 Å². The highest BCUT2D eigenvalue weighted by Gasteiger charge is 2.28. The van der Waals surface area contributed by atoms with Crippen LogP contribution >= 0.6 is 0 Å². The van der Waals surface area contributed by atoms with E-state index in [1.54, 1.807) is 11.6 Å². The van der Waals surface area contributed by atoms with Gasteiger partial charge in [-0.2, -0.15) is 5.10 Å². The molecule has 0 bridgehead atoms. The summed E-state index contributed by atoms with van der Waals surface area (Å²) < 4.78 is 2.98. The standard InChI is InChI=1S/C16H20N4O3/c1-18-16(23)20(13-7-3-2-4-8-13)15(17-18)12-6-5-9-19(10-12)11-14(21)22/h2-4,7-8,12H,5-6,9-11H2,1H3,(H,21,22). The van der Waals surface area contributed by atoms with Crippen LogP contribution in [0.2, 0.25) is 0 Å². The Bertz CT molecular complexity index is 750. The zero-order valence-electron chi connectivity index (χ0n) is 13.1. The molecule has 0 spiro atoms. The molecular formula is C16H20N4O3. The van der Waals surface area contributed by atoms with Gasteiger partial charge >= 0.3 is 11.7 Å². The van der Waals surface area contributed by atoms with Crippen LogP contribution < -0.4 is 5.69 Å². The van der Waals surface area contributed by atoms with E-state index in [1.165, 1.54) is 4.68 Å². The summed E-state index contributed by atoms with van der Waals surface area (Å²) in [7, 11) is 1.64. The Kier molecular flexibility index (Phi) is 4.29. The maximum Gasteiger partial charge on any atom is 0.350 e. The molecule has 1 saturated heterocycles. The van der Waals surface area contributed by atoms with E-state index in [1.807, 2.05) is 35.2 Å². The number of aromatic nitrogens is 3. The van der Waals surface area contributed by atoms with Crippen LogP contribution in [0.4, 0.5) is 0 Å². The molecular weight excluding hydrogens is 296 g/mol. The van der Waals surface area contributed by atoms with Crippen molar-refractivity contribution in [1.29, 1.82) is 0 Å². The number of hydrogen-bond acceptors (Lipinski definition) is 4. The maximum atomic E-state index is 12.4. The molecule has 0 amide bonds. The first-order valence-corrected chi connectivity index (χ1v) is 7.72. The molecule has 2 aromatic rings. The van der Waals surface area contributed by atoms with Gasteiger partial charge in [0.15, 0.2) is 0 Å². The molecule has 0 aliphatic carbocycles. The molecule has 0 radical (unpaired) electrons. The number of piperidine rings is 1. The van der Waals surface area contributed by atoms with Gasteiger partial charge in [-0.3, -0.25) is 9.69 Å². The lowest BCUT2D eigenvalue weighted by atomic mass is 9.97. The summed E-state index contributed by atoms with van der Waals surface area (Å²) in [5.74, 6) is -0.0666. The Balaban J connectivity index is 1.95. The number of rotatable bonds is 4. The molecule has 1 aromatic heterocycles. The second kappa shape index (κ2) is 6.37. The van der Waals surface area contributed by atoms with Crippen LogP contribution in [0, 0.1) is 0 Å². The van der Waals surface area contributed by atoms with Gasteiger partial charge in [-0.25, -0.2) is 14.0 Å². The fraction of sp³-hybridized carbons (Fsp3) is 0.438. The molecule has 0 saturated carbocycles. The number of benzene rings is 1. The summed E-state index contributed by atoms with van der Waals surface area (Å²) in [4.78, 5) is 25.3. The second-order valence-electron chi connectivity index (χ2n) is 5.90. The summed E-state index contributed by atoms with van der Waals surface area (Å²) in [5, 5.41) is 13.4. The molecule has 1 atom stereocenters. The van der Waals surface area contributed by atoms with Crippen molar-refractivity contribution in [3.63, 3.8) is 0 Å². The number of likely N-dealkylation sites (tertiary alicyclic amines) is 1. The highest BCUT2D eigenvalue weighted by molar-refractivity contribution is 5.69. The van der Waals surface area contributed by atoms with Crippen LogP contribution in [0.3, 0.4) is 0 Å². The Labute approximate surface area is 133 Å². The number of nitrogens with zero attached hydrogens (tertiary/aromatic N) is 4. The number of carboxylic acids is 1. The van der Waals surface area contributed by atoms with Crippen molar-refractivity contribution in [2.24, 2.45) is 7.05 Å². The van der Waals surface area contributed by atoms with Crippen LogP contribution in [-0.2, 0) is 11.8 Å². The summed E-state index contributed by atoms with van der Waals surface area (Å²) in [6.45, 7) is 1.40. The van der Waals surface area contributed by atoms with Crippen LogP contribution in [0.25, 0.3) is 5.69 Å². The van der Waals surface area contributed by atoms with Gasteiger partial charge in [0.25, 0.3) is 0 Å². The molecule has 7 nitrogen and oxygen atoms in total. The van der Waals surface area contributed by atoms with Gasteiger partial charge in [0.2, 0.25) is 0 Å². The molecule has 1 aromatic carbocycles. The molecule has 1 aliphatic rings. The Morgan fingerprint density at radius 2 is 2.09 bits per heavy atom. The minimum atomic E-state index is -0.827. The normalized spacial score (nSPS) is 18.9. The number of para-hydroxylation sites is 1. The van der Waals surface area contributed by atoms with Crippen LogP contribution in [-0.4, -0.2) is 50.0 Å². The van der Waals surface area contributed by atoms with Gasteiger partial charge in [-0.15, -0.1) is 0 Å². The summed E-state index contributed by atoms with van der Waals surface area (Å²) in [6.07, 6.45) is 1.80. The molecule has 122 valence electrons. The van der Waals surface area contributed by atoms with E-state index in [0.29, 0.717) is 12.4 Å². The highest BCUT2D eigenvalue weighted by atomic mass is 16.4. The fourth-order valence-corrected chi connectivity index (χ4v) is 3.17. The maximum absolute atomic E-state index is 12.4. The van der Waals surface area contributed by atoms with Gasteiger partial charge < -0.3 is 5.11 Å². The Morgan fingerprint density at radius 1 is 1.35 bits per heavy atom. The van der Waals surface area contributed by atoms with Crippen molar-refractivity contribution in [1.82, 2.24) is 19.2 Å². The zero-order valence-corrected chi connectivity index (χ0v) is 13.1. The predicted molar refractivity (Wildman–Crippen MR) is 84.9 cm³/mol. The predicted octanol–water partition coefficient (Wildman–Crippen LogP) is 0.835. The SMILES string of the molecule is Cn1nc(C2CCCN(CC(=O)O)C2)n(-c2ccccc2)c1=O. The third-order valence-electron chi connectivity index (χ3n) is 4.19. The minimum Gasteiger partial charge on any atom is -0.480 e. The van der Waals surface area contributed by atoms with E-state index < -0.39 is 5.97 Å². The monoisotopic (exact) mass is 316 g/mol. The van der Waals surface area contributed by atoms with Gasteiger partial charge in [-0.05, 0) is 31.5 Å². The van der Waals surface area contributed by atoms with Crippen molar-refractivity contribution in [2.75, 3.05) is 19.6 Å². The topological polar surface area (TPSA) is 80.4 Å². The molecule has 1 fully saturated rings. The van der Waals surface area contributed by atoms with E-state index in [-0.39, 0.29) is 18.2 Å². The molecule has 3 rings (SSSR count). The number of carboxylic acid groups (broad SMARTS) is 1. The summed E-state index contributed by atoms with van der Waals surface area (Å²) >= 11 is 0. The van der Waals surface area contributed by atoms with Gasteiger partial charge in [0, 0.05) is 19.5 Å². The fourth-order valence-electron chi connectivity index (χ4n) is 3.17. The molecule has 2 heterocycles. The van der Waals surface area contributed by atoms with Crippen LogP contribution in [0.1, 0.15) is 24.6 Å². The first-order valence-electron chi connectivity index (χ1n) is 7.72. The summed E-state index contributed by atoms with van der Waals surface area (Å²) in [5.41, 5.74) is 0.609.